The van der Waals surface area contributed by atoms with Gasteiger partial charge in [0.1, 0.15) is 24.2 Å². The van der Waals surface area contributed by atoms with Gasteiger partial charge in [-0.2, -0.15) is 0 Å². The third-order valence-corrected chi connectivity index (χ3v) is 11.3. The van der Waals surface area contributed by atoms with Crippen LogP contribution in [-0.4, -0.2) is 92.3 Å². The highest BCUT2D eigenvalue weighted by Gasteiger charge is 2.38. The van der Waals surface area contributed by atoms with Gasteiger partial charge in [-0.25, -0.2) is 9.59 Å². The van der Waals surface area contributed by atoms with Crippen molar-refractivity contribution in [3.63, 3.8) is 0 Å². The number of morpholine rings is 1. The number of carbonyl (C=O) groups excluding carboxylic acids is 5. The van der Waals surface area contributed by atoms with Crippen LogP contribution in [0.5, 0.6) is 0 Å². The van der Waals surface area contributed by atoms with Crippen LogP contribution >= 0.6 is 0 Å². The van der Waals surface area contributed by atoms with Crippen molar-refractivity contribution in [1.29, 1.82) is 0 Å². The van der Waals surface area contributed by atoms with Gasteiger partial charge in [-0.15, -0.1) is 0 Å². The lowest BCUT2D eigenvalue weighted by Crippen LogP contribution is -2.56. The highest BCUT2D eigenvalue weighted by atomic mass is 16.5. The Kier molecular flexibility index (Phi) is 18.6. The number of carbonyl (C=O) groups is 5. The van der Waals surface area contributed by atoms with Crippen molar-refractivity contribution in [3.05, 3.63) is 192 Å². The molecule has 4 N–H and O–H groups in total. The quantitative estimate of drug-likeness (QED) is 0.0359. The van der Waals surface area contributed by atoms with Crippen LogP contribution in [0.4, 0.5) is 4.79 Å². The Balaban J connectivity index is 1.22. The molecule has 5 aromatic carbocycles. The molecule has 1 aliphatic rings. The van der Waals surface area contributed by atoms with E-state index < -0.39 is 47.5 Å². The highest BCUT2D eigenvalue weighted by Crippen LogP contribution is 2.37. The molecule has 13 nitrogen and oxygen atoms in total. The number of ether oxygens (including phenoxy) is 3. The maximum atomic E-state index is 14.5. The van der Waals surface area contributed by atoms with Crippen molar-refractivity contribution in [2.75, 3.05) is 39.5 Å². The van der Waals surface area contributed by atoms with Gasteiger partial charge in [0.2, 0.25) is 17.7 Å². The lowest BCUT2D eigenvalue weighted by Gasteiger charge is -2.37. The van der Waals surface area contributed by atoms with Crippen LogP contribution in [0.25, 0.3) is 0 Å². The van der Waals surface area contributed by atoms with Crippen LogP contribution in [0, 0.1) is 0 Å². The maximum absolute atomic E-state index is 14.5. The average molecular weight is 894 g/mol. The second kappa shape index (κ2) is 25.4. The minimum absolute atomic E-state index is 0.00793. The molecule has 6 rings (SSSR count). The summed E-state index contributed by atoms with van der Waals surface area (Å²) in [6.45, 7) is 4.80. The third kappa shape index (κ3) is 14.5. The molecule has 13 heteroatoms. The molecule has 1 fully saturated rings. The fourth-order valence-electron chi connectivity index (χ4n) is 7.87. The molecule has 1 heterocycles. The van der Waals surface area contributed by atoms with Gasteiger partial charge in [-0.05, 0) is 47.6 Å². The Morgan fingerprint density at radius 1 is 0.636 bits per heavy atom. The van der Waals surface area contributed by atoms with E-state index in [1.54, 1.807) is 6.92 Å². The first-order valence-corrected chi connectivity index (χ1v) is 22.5. The fourth-order valence-corrected chi connectivity index (χ4v) is 7.87. The molecule has 4 amide bonds. The van der Waals surface area contributed by atoms with E-state index in [1.165, 1.54) is 12.2 Å². The van der Waals surface area contributed by atoms with E-state index in [9.17, 15) is 24.0 Å². The van der Waals surface area contributed by atoms with E-state index in [2.05, 4.69) is 26.2 Å². The Labute approximate surface area is 386 Å². The van der Waals surface area contributed by atoms with E-state index in [0.717, 1.165) is 27.8 Å². The molecule has 0 aromatic heterocycles. The summed E-state index contributed by atoms with van der Waals surface area (Å²) in [4.78, 5) is 71.0. The second-order valence-corrected chi connectivity index (χ2v) is 15.9. The van der Waals surface area contributed by atoms with Crippen LogP contribution in [0.2, 0.25) is 0 Å². The molecule has 1 saturated heterocycles. The number of nitrogens with one attached hydrogen (secondary N) is 4. The van der Waals surface area contributed by atoms with Crippen molar-refractivity contribution < 1.29 is 38.2 Å². The zero-order chi connectivity index (χ0) is 46.4. The van der Waals surface area contributed by atoms with Crippen molar-refractivity contribution in [3.8, 4) is 0 Å². The molecule has 0 saturated carbocycles. The number of esters is 1. The lowest BCUT2D eigenvalue weighted by atomic mass is 9.77. The molecule has 66 heavy (non-hydrogen) atoms. The maximum Gasteiger partial charge on any atom is 0.408 e. The fraction of sp³-hybridized carbons (Fsp3) is 0.302. The topological polar surface area (TPSA) is 164 Å². The molecule has 0 spiro atoms. The number of alkyl carbamates (subject to hydrolysis) is 1. The van der Waals surface area contributed by atoms with Gasteiger partial charge < -0.3 is 35.5 Å². The van der Waals surface area contributed by atoms with Gasteiger partial charge in [-0.1, -0.05) is 158 Å². The Morgan fingerprint density at radius 3 is 1.70 bits per heavy atom. The van der Waals surface area contributed by atoms with E-state index in [-0.39, 0.29) is 44.8 Å². The van der Waals surface area contributed by atoms with E-state index in [1.807, 2.05) is 152 Å². The van der Waals surface area contributed by atoms with Gasteiger partial charge in [-0.3, -0.25) is 19.3 Å². The molecule has 344 valence electrons. The van der Waals surface area contributed by atoms with Crippen LogP contribution in [0.15, 0.2) is 164 Å². The lowest BCUT2D eigenvalue weighted by molar-refractivity contribution is -0.137. The molecule has 0 unspecified atom stereocenters. The molecular formula is C53H59N5O8. The van der Waals surface area contributed by atoms with Gasteiger partial charge in [0, 0.05) is 44.6 Å². The van der Waals surface area contributed by atoms with Gasteiger partial charge in [0.25, 0.3) is 0 Å². The first-order chi connectivity index (χ1) is 32.2. The summed E-state index contributed by atoms with van der Waals surface area (Å²) in [7, 11) is 0. The summed E-state index contributed by atoms with van der Waals surface area (Å²) in [6.07, 6.45) is 2.33. The number of rotatable bonds is 22. The molecule has 0 aliphatic carbocycles. The number of nitrogens with zero attached hydrogens (tertiary/aromatic N) is 1. The van der Waals surface area contributed by atoms with Gasteiger partial charge >= 0.3 is 12.1 Å². The first-order valence-electron chi connectivity index (χ1n) is 22.5. The Morgan fingerprint density at radius 2 is 1.15 bits per heavy atom. The summed E-state index contributed by atoms with van der Waals surface area (Å²) >= 11 is 0. The van der Waals surface area contributed by atoms with E-state index in [0.29, 0.717) is 32.8 Å². The SMILES string of the molecule is CCOC(=O)/C=C/[C@H](CCC(=O)NC(c1ccccc1)(c1ccccc1)c1ccccc1)NC(=O)[C@H](Cc1ccccc1)NC(=O)[C@H](CCN1CCOCC1)NC(=O)OCc1ccccc1. The first kappa shape index (κ1) is 48.4. The number of amides is 4. The minimum Gasteiger partial charge on any atom is -0.463 e. The summed E-state index contributed by atoms with van der Waals surface area (Å²) in [5.74, 6) is -2.05. The second-order valence-electron chi connectivity index (χ2n) is 15.9. The standard InChI is InChI=1S/C53H59N5O8/c1-2-65-49(60)31-29-45(28-30-48(59)57-53(42-22-12-5-13-23-42,43-24-14-6-15-25-43)44-26-16-7-17-27-44)54-51(62)47(38-40-18-8-3-9-19-40)55-50(61)46(32-33-58-34-36-64-37-35-58)56-52(63)66-39-41-20-10-4-11-21-41/h3-27,29,31,45-47H,2,28,30,32-39H2,1H3,(H,54,62)(H,55,61)(H,56,63)(H,57,59)/b31-29+/t45-,46-,47-/m0/s1. The van der Waals surface area contributed by atoms with Crippen molar-refractivity contribution in [1.82, 2.24) is 26.2 Å². The predicted octanol–water partition coefficient (Wildman–Crippen LogP) is 6.22. The number of benzene rings is 5. The molecule has 0 bridgehead atoms. The average Bonchev–Trinajstić information content (AvgIpc) is 3.36. The predicted molar refractivity (Wildman–Crippen MR) is 252 cm³/mol. The largest absolute Gasteiger partial charge is 0.463 e. The molecule has 1 aliphatic heterocycles. The van der Waals surface area contributed by atoms with Gasteiger partial charge in [0.15, 0.2) is 0 Å². The summed E-state index contributed by atoms with van der Waals surface area (Å²) in [5, 5.41) is 12.0. The van der Waals surface area contributed by atoms with Crippen LogP contribution < -0.4 is 21.3 Å². The zero-order valence-electron chi connectivity index (χ0n) is 37.3. The monoisotopic (exact) mass is 893 g/mol. The minimum atomic E-state index is -1.12. The van der Waals surface area contributed by atoms with Crippen molar-refractivity contribution in [2.45, 2.75) is 62.9 Å². The zero-order valence-corrected chi connectivity index (χ0v) is 37.3. The highest BCUT2D eigenvalue weighted by molar-refractivity contribution is 5.92. The molecular weight excluding hydrogens is 835 g/mol. The molecule has 3 atom stereocenters. The molecule has 5 aromatic rings. The van der Waals surface area contributed by atoms with Crippen LogP contribution in [0.3, 0.4) is 0 Å². The normalized spacial score (nSPS) is 14.3. The summed E-state index contributed by atoms with van der Waals surface area (Å²) < 4.78 is 16.1. The smallest absolute Gasteiger partial charge is 0.408 e. The number of hydrogen-bond acceptors (Lipinski definition) is 9. The molecule has 0 radical (unpaired) electrons. The van der Waals surface area contributed by atoms with Crippen molar-refractivity contribution >= 4 is 29.8 Å². The number of hydrogen-bond donors (Lipinski definition) is 4. The van der Waals surface area contributed by atoms with E-state index >= 15 is 0 Å². The van der Waals surface area contributed by atoms with E-state index in [4.69, 9.17) is 14.2 Å². The summed E-state index contributed by atoms with van der Waals surface area (Å²) in [6, 6.07) is 44.6. The Hall–Kier alpha value is -7.09. The third-order valence-electron chi connectivity index (χ3n) is 11.3. The Bertz CT molecular complexity index is 2210. The van der Waals surface area contributed by atoms with Crippen LogP contribution in [0.1, 0.15) is 54.0 Å². The van der Waals surface area contributed by atoms with Gasteiger partial charge in [0.05, 0.1) is 19.8 Å². The van der Waals surface area contributed by atoms with Crippen molar-refractivity contribution in [2.24, 2.45) is 0 Å². The van der Waals surface area contributed by atoms with Crippen LogP contribution in [-0.2, 0) is 52.0 Å². The summed E-state index contributed by atoms with van der Waals surface area (Å²) in [5.41, 5.74) is 3.05.